The Morgan fingerprint density at radius 1 is 1.29 bits per heavy atom. The number of carboxylic acid groups (broad SMARTS) is 1. The number of carboxylic acids is 1. The highest BCUT2D eigenvalue weighted by molar-refractivity contribution is 5.96. The van der Waals surface area contributed by atoms with Crippen molar-refractivity contribution in [2.75, 3.05) is 13.1 Å². The van der Waals surface area contributed by atoms with Crippen LogP contribution in [0.1, 0.15) is 43.2 Å². The van der Waals surface area contributed by atoms with Crippen LogP contribution < -0.4 is 0 Å². The van der Waals surface area contributed by atoms with Crippen molar-refractivity contribution < 1.29 is 32.3 Å². The number of aromatic nitrogens is 2. The Hall–Kier alpha value is -2.13. The average Bonchev–Trinajstić information content (AvgIpc) is 3.01. The fourth-order valence-corrected chi connectivity index (χ4v) is 2.58. The Morgan fingerprint density at radius 2 is 1.88 bits per heavy atom. The summed E-state index contributed by atoms with van der Waals surface area (Å²) in [5.74, 6) is -2.82. The molecule has 1 aliphatic heterocycles. The third-order valence-electron chi connectivity index (χ3n) is 3.79. The van der Waals surface area contributed by atoms with E-state index >= 15 is 0 Å². The van der Waals surface area contributed by atoms with E-state index in [1.165, 1.54) is 20.8 Å². The molecule has 0 aromatic carbocycles. The Morgan fingerprint density at radius 3 is 2.29 bits per heavy atom. The van der Waals surface area contributed by atoms with E-state index in [4.69, 9.17) is 5.11 Å². The molecule has 1 aromatic rings. The fraction of sp³-hybridized carbons (Fsp3) is 0.643. The molecule has 6 nitrogen and oxygen atoms in total. The van der Waals surface area contributed by atoms with Crippen LogP contribution in [0.25, 0.3) is 0 Å². The van der Waals surface area contributed by atoms with Crippen LogP contribution in [0.5, 0.6) is 0 Å². The van der Waals surface area contributed by atoms with Gasteiger partial charge in [0, 0.05) is 13.0 Å². The average molecular weight is 351 g/mol. The molecule has 1 atom stereocenters. The van der Waals surface area contributed by atoms with Crippen molar-refractivity contribution in [1.82, 2.24) is 14.7 Å². The van der Waals surface area contributed by atoms with Gasteiger partial charge in [0.2, 0.25) is 5.67 Å². The van der Waals surface area contributed by atoms with E-state index in [0.29, 0.717) is 4.68 Å². The Labute approximate surface area is 135 Å². The molecular formula is C14H17F4N3O3. The van der Waals surface area contributed by atoms with Crippen molar-refractivity contribution in [3.8, 4) is 0 Å². The number of carbonyl (C=O) groups excluding carboxylic acids is 1. The number of hydrogen-bond acceptors (Lipinski definition) is 3. The van der Waals surface area contributed by atoms with Crippen LogP contribution in [0.4, 0.5) is 17.6 Å². The molecule has 2 heterocycles. The van der Waals surface area contributed by atoms with Crippen LogP contribution in [0.2, 0.25) is 0 Å². The summed E-state index contributed by atoms with van der Waals surface area (Å²) in [6.45, 7) is 3.42. The maximum atomic E-state index is 14.1. The Bertz CT molecular complexity index is 678. The molecule has 1 saturated heterocycles. The highest BCUT2D eigenvalue weighted by Gasteiger charge is 2.49. The molecular weight excluding hydrogens is 334 g/mol. The number of rotatable bonds is 2. The molecule has 24 heavy (non-hydrogen) atoms. The first-order valence-electron chi connectivity index (χ1n) is 7.15. The number of carbonyl (C=O) groups is 2. The van der Waals surface area contributed by atoms with Crippen LogP contribution in [0.3, 0.4) is 0 Å². The van der Waals surface area contributed by atoms with Crippen molar-refractivity contribution >= 4 is 11.9 Å². The predicted molar refractivity (Wildman–Crippen MR) is 74.2 cm³/mol. The molecule has 1 N–H and O–H groups in total. The Balaban J connectivity index is 2.42. The Kier molecular flexibility index (Phi) is 4.14. The monoisotopic (exact) mass is 351 g/mol. The van der Waals surface area contributed by atoms with E-state index in [-0.39, 0.29) is 6.54 Å². The maximum absolute atomic E-state index is 14.1. The molecule has 0 saturated carbocycles. The van der Waals surface area contributed by atoms with Gasteiger partial charge < -0.3 is 10.0 Å². The van der Waals surface area contributed by atoms with E-state index in [9.17, 15) is 27.2 Å². The SMILES string of the molecule is CC(C)(C)n1ncc(C(=O)N2CCC(F)(C(=O)O)C2)c1C(F)(F)F. The lowest BCUT2D eigenvalue weighted by atomic mass is 10.1. The first kappa shape index (κ1) is 18.2. The van der Waals surface area contributed by atoms with Gasteiger partial charge in [-0.15, -0.1) is 0 Å². The molecule has 0 aliphatic carbocycles. The van der Waals surface area contributed by atoms with Crippen LogP contribution in [-0.2, 0) is 16.5 Å². The molecule has 10 heteroatoms. The van der Waals surface area contributed by atoms with Crippen molar-refractivity contribution in [3.63, 3.8) is 0 Å². The number of nitrogens with zero attached hydrogens (tertiary/aromatic N) is 3. The van der Waals surface area contributed by atoms with Gasteiger partial charge in [-0.2, -0.15) is 18.3 Å². The summed E-state index contributed by atoms with van der Waals surface area (Å²) in [5.41, 5.74) is -5.62. The molecule has 1 amide bonds. The smallest absolute Gasteiger partial charge is 0.433 e. The maximum Gasteiger partial charge on any atom is 0.433 e. The van der Waals surface area contributed by atoms with Crippen LogP contribution in [-0.4, -0.2) is 50.4 Å². The second-order valence-electron chi connectivity index (χ2n) is 6.73. The summed E-state index contributed by atoms with van der Waals surface area (Å²) in [5, 5.41) is 12.5. The van der Waals surface area contributed by atoms with Crippen LogP contribution in [0.15, 0.2) is 6.20 Å². The second kappa shape index (κ2) is 5.45. The van der Waals surface area contributed by atoms with Gasteiger partial charge in [-0.05, 0) is 20.8 Å². The molecule has 0 radical (unpaired) electrons. The minimum Gasteiger partial charge on any atom is -0.479 e. The summed E-state index contributed by atoms with van der Waals surface area (Å²) in [6.07, 6.45) is -4.52. The highest BCUT2D eigenvalue weighted by atomic mass is 19.4. The van der Waals surface area contributed by atoms with Gasteiger partial charge in [-0.3, -0.25) is 9.48 Å². The van der Waals surface area contributed by atoms with Crippen molar-refractivity contribution in [3.05, 3.63) is 17.5 Å². The third-order valence-corrected chi connectivity index (χ3v) is 3.79. The van der Waals surface area contributed by atoms with Gasteiger partial charge in [0.05, 0.1) is 23.8 Å². The number of halogens is 4. The first-order chi connectivity index (χ1) is 10.8. The minimum atomic E-state index is -4.84. The molecule has 1 aliphatic rings. The fourth-order valence-electron chi connectivity index (χ4n) is 2.58. The largest absolute Gasteiger partial charge is 0.479 e. The lowest BCUT2D eigenvalue weighted by molar-refractivity contribution is -0.150. The highest BCUT2D eigenvalue weighted by Crippen LogP contribution is 2.36. The van der Waals surface area contributed by atoms with Crippen molar-refractivity contribution in [2.45, 2.75) is 44.6 Å². The van der Waals surface area contributed by atoms with E-state index in [2.05, 4.69) is 5.10 Å². The molecule has 0 spiro atoms. The quantitative estimate of drug-likeness (QED) is 0.830. The van der Waals surface area contributed by atoms with E-state index < -0.39 is 53.5 Å². The zero-order valence-corrected chi connectivity index (χ0v) is 13.3. The third kappa shape index (κ3) is 3.09. The topological polar surface area (TPSA) is 75.4 Å². The minimum absolute atomic E-state index is 0.278. The zero-order chi connectivity index (χ0) is 18.5. The second-order valence-corrected chi connectivity index (χ2v) is 6.73. The van der Waals surface area contributed by atoms with Gasteiger partial charge in [0.15, 0.2) is 5.69 Å². The van der Waals surface area contributed by atoms with Gasteiger partial charge in [-0.25, -0.2) is 9.18 Å². The molecule has 1 fully saturated rings. The van der Waals surface area contributed by atoms with Gasteiger partial charge in [-0.1, -0.05) is 0 Å². The van der Waals surface area contributed by atoms with Crippen molar-refractivity contribution in [2.24, 2.45) is 0 Å². The van der Waals surface area contributed by atoms with Crippen LogP contribution >= 0.6 is 0 Å². The lowest BCUT2D eigenvalue weighted by Crippen LogP contribution is -2.39. The normalized spacial score (nSPS) is 22.0. The van der Waals surface area contributed by atoms with Gasteiger partial charge in [0.25, 0.3) is 5.91 Å². The lowest BCUT2D eigenvalue weighted by Gasteiger charge is -2.24. The molecule has 0 bridgehead atoms. The first-order valence-corrected chi connectivity index (χ1v) is 7.15. The number of aliphatic carboxylic acids is 1. The van der Waals surface area contributed by atoms with Gasteiger partial charge in [0.1, 0.15) is 0 Å². The van der Waals surface area contributed by atoms with E-state index in [0.717, 1.165) is 11.1 Å². The number of hydrogen-bond donors (Lipinski definition) is 1. The summed E-state index contributed by atoms with van der Waals surface area (Å²) in [7, 11) is 0. The van der Waals surface area contributed by atoms with Crippen LogP contribution in [0, 0.1) is 0 Å². The zero-order valence-electron chi connectivity index (χ0n) is 13.3. The molecule has 134 valence electrons. The summed E-state index contributed by atoms with van der Waals surface area (Å²) in [4.78, 5) is 24.0. The van der Waals surface area contributed by atoms with Crippen molar-refractivity contribution in [1.29, 1.82) is 0 Å². The summed E-state index contributed by atoms with van der Waals surface area (Å²) in [6, 6.07) is 0. The molecule has 2 rings (SSSR count). The standard InChI is InChI=1S/C14H17F4N3O3/c1-12(2,3)21-9(14(16,17)18)8(6-19-21)10(22)20-5-4-13(15,7-20)11(23)24/h6H,4-5,7H2,1-3H3,(H,23,24). The van der Waals surface area contributed by atoms with Gasteiger partial charge >= 0.3 is 12.1 Å². The summed E-state index contributed by atoms with van der Waals surface area (Å²) >= 11 is 0. The predicted octanol–water partition coefficient (Wildman–Crippen LogP) is 2.30. The molecule has 1 aromatic heterocycles. The number of likely N-dealkylation sites (tertiary alicyclic amines) is 1. The number of alkyl halides is 4. The summed E-state index contributed by atoms with van der Waals surface area (Å²) < 4.78 is 54.9. The molecule has 1 unspecified atom stereocenters. The van der Waals surface area contributed by atoms with E-state index in [1.807, 2.05) is 0 Å². The number of amides is 1. The van der Waals surface area contributed by atoms with E-state index in [1.54, 1.807) is 0 Å².